The Hall–Kier alpha value is -2.10. The Balaban J connectivity index is 1.54. The molecule has 160 valence electrons. The average Bonchev–Trinajstić information content (AvgIpc) is 3.15. The number of hydrogen-bond donors (Lipinski definition) is 0. The molecule has 3 fully saturated rings. The summed E-state index contributed by atoms with van der Waals surface area (Å²) >= 11 is 0. The summed E-state index contributed by atoms with van der Waals surface area (Å²) in [5, 5.41) is 0. The molecule has 0 aromatic heterocycles. The standard InChI is InChI=1S/C26H33NO3/c1-25-14-6-8-19(25)17-10-11-22-26(2,20(17)12-15-25)16-13-23(28)27(22)21-9-5-4-7-18(21)24(29)30-3/h4-5,7,9,13,16-17,19-20,22H,6,8,10-12,14-15H2,1-3H3/t17-,19-,20-,22+,25-,26+/m0/s1. The molecule has 3 aliphatic carbocycles. The summed E-state index contributed by atoms with van der Waals surface area (Å²) in [7, 11) is 1.40. The predicted octanol–water partition coefficient (Wildman–Crippen LogP) is 5.38. The first-order valence-electron chi connectivity index (χ1n) is 11.6. The zero-order chi connectivity index (χ0) is 21.1. The molecule has 1 aromatic rings. The van der Waals surface area contributed by atoms with Crippen LogP contribution in [0.4, 0.5) is 5.69 Å². The van der Waals surface area contributed by atoms with Gasteiger partial charge in [0.25, 0.3) is 5.91 Å². The Morgan fingerprint density at radius 1 is 1.07 bits per heavy atom. The first-order chi connectivity index (χ1) is 14.4. The van der Waals surface area contributed by atoms with Gasteiger partial charge in [0.15, 0.2) is 0 Å². The highest BCUT2D eigenvalue weighted by Crippen LogP contribution is 2.64. The lowest BCUT2D eigenvalue weighted by Gasteiger charge is -2.60. The summed E-state index contributed by atoms with van der Waals surface area (Å²) in [6, 6.07) is 7.48. The van der Waals surface area contributed by atoms with Crippen molar-refractivity contribution in [3.8, 4) is 0 Å². The lowest BCUT2D eigenvalue weighted by atomic mass is 9.48. The molecule has 0 N–H and O–H groups in total. The SMILES string of the molecule is COC(=O)c1ccccc1N1C(=O)C=C[C@]2(C)[C@H]3CC[C@]4(C)CCC[C@H]4[C@@H]3CC[C@@H]12. The molecule has 0 radical (unpaired) electrons. The fraction of sp³-hybridized carbons (Fsp3) is 0.615. The van der Waals surface area contributed by atoms with Crippen molar-refractivity contribution < 1.29 is 14.3 Å². The number of methoxy groups -OCH3 is 1. The smallest absolute Gasteiger partial charge is 0.339 e. The fourth-order valence-corrected chi connectivity index (χ4v) is 7.74. The van der Waals surface area contributed by atoms with Crippen molar-refractivity contribution in [2.45, 2.75) is 64.8 Å². The molecule has 0 bridgehead atoms. The molecule has 1 amide bonds. The first-order valence-corrected chi connectivity index (χ1v) is 11.6. The summed E-state index contributed by atoms with van der Waals surface area (Å²) < 4.78 is 5.01. The Bertz CT molecular complexity index is 907. The molecule has 4 heteroatoms. The van der Waals surface area contributed by atoms with Gasteiger partial charge in [-0.25, -0.2) is 4.79 Å². The van der Waals surface area contributed by atoms with Crippen molar-refractivity contribution in [2.75, 3.05) is 12.0 Å². The Morgan fingerprint density at radius 2 is 1.87 bits per heavy atom. The third kappa shape index (κ3) is 2.72. The second kappa shape index (κ2) is 6.96. The molecule has 6 atom stereocenters. The van der Waals surface area contributed by atoms with E-state index in [1.807, 2.05) is 23.1 Å². The van der Waals surface area contributed by atoms with Crippen LogP contribution in [0.15, 0.2) is 36.4 Å². The van der Waals surface area contributed by atoms with Crippen LogP contribution < -0.4 is 4.90 Å². The third-order valence-corrected chi connectivity index (χ3v) is 9.21. The summed E-state index contributed by atoms with van der Waals surface area (Å²) in [4.78, 5) is 27.5. The van der Waals surface area contributed by atoms with E-state index in [2.05, 4.69) is 19.9 Å². The van der Waals surface area contributed by atoms with E-state index in [0.717, 1.165) is 18.3 Å². The van der Waals surface area contributed by atoms with E-state index in [9.17, 15) is 9.59 Å². The number of anilines is 1. The minimum atomic E-state index is -0.386. The molecule has 1 heterocycles. The van der Waals surface area contributed by atoms with Gasteiger partial charge in [0, 0.05) is 17.5 Å². The number of fused-ring (bicyclic) bond motifs is 5. The van der Waals surface area contributed by atoms with E-state index < -0.39 is 0 Å². The van der Waals surface area contributed by atoms with Crippen molar-refractivity contribution in [3.63, 3.8) is 0 Å². The van der Waals surface area contributed by atoms with Gasteiger partial charge in [-0.2, -0.15) is 0 Å². The topological polar surface area (TPSA) is 46.6 Å². The summed E-state index contributed by atoms with van der Waals surface area (Å²) in [5.74, 6) is 1.78. The maximum atomic E-state index is 13.1. The van der Waals surface area contributed by atoms with Crippen LogP contribution in [0.2, 0.25) is 0 Å². The third-order valence-electron chi connectivity index (χ3n) is 9.21. The second-order valence-corrected chi connectivity index (χ2v) is 10.5. The highest BCUT2D eigenvalue weighted by molar-refractivity contribution is 6.07. The van der Waals surface area contributed by atoms with E-state index in [0.29, 0.717) is 22.6 Å². The Labute approximate surface area is 179 Å². The van der Waals surface area contributed by atoms with Crippen LogP contribution in [0.3, 0.4) is 0 Å². The van der Waals surface area contributed by atoms with E-state index in [1.165, 1.54) is 45.6 Å². The van der Waals surface area contributed by atoms with Crippen molar-refractivity contribution in [1.29, 1.82) is 0 Å². The number of benzene rings is 1. The number of hydrogen-bond acceptors (Lipinski definition) is 3. The molecule has 1 aliphatic heterocycles. The molecule has 5 rings (SSSR count). The van der Waals surface area contributed by atoms with Crippen LogP contribution in [0.5, 0.6) is 0 Å². The first kappa shape index (κ1) is 19.8. The van der Waals surface area contributed by atoms with Crippen molar-refractivity contribution in [1.82, 2.24) is 0 Å². The van der Waals surface area contributed by atoms with Gasteiger partial charge in [-0.3, -0.25) is 4.79 Å². The van der Waals surface area contributed by atoms with Gasteiger partial charge >= 0.3 is 5.97 Å². The maximum absolute atomic E-state index is 13.1. The molecule has 30 heavy (non-hydrogen) atoms. The highest BCUT2D eigenvalue weighted by atomic mass is 16.5. The molecule has 1 aromatic carbocycles. The zero-order valence-electron chi connectivity index (χ0n) is 18.4. The average molecular weight is 408 g/mol. The normalized spacial score (nSPS) is 39.8. The number of para-hydroxylation sites is 1. The van der Waals surface area contributed by atoms with E-state index in [4.69, 9.17) is 4.74 Å². The van der Waals surface area contributed by atoms with Crippen LogP contribution in [0, 0.1) is 28.6 Å². The molecule has 0 unspecified atom stereocenters. The lowest BCUT2D eigenvalue weighted by molar-refractivity contribution is -0.118. The van der Waals surface area contributed by atoms with Crippen LogP contribution >= 0.6 is 0 Å². The second-order valence-electron chi connectivity index (χ2n) is 10.5. The molecule has 3 saturated carbocycles. The molecular formula is C26H33NO3. The molecular weight excluding hydrogens is 374 g/mol. The number of esters is 1. The van der Waals surface area contributed by atoms with Crippen molar-refractivity contribution >= 4 is 17.6 Å². The van der Waals surface area contributed by atoms with Gasteiger partial charge in [-0.05, 0) is 73.8 Å². The van der Waals surface area contributed by atoms with Gasteiger partial charge in [0.05, 0.1) is 18.4 Å². The number of nitrogens with zero attached hydrogens (tertiary/aromatic N) is 1. The number of rotatable bonds is 2. The lowest BCUT2D eigenvalue weighted by Crippen LogP contribution is -2.60. The van der Waals surface area contributed by atoms with Gasteiger partial charge in [-0.15, -0.1) is 0 Å². The van der Waals surface area contributed by atoms with Crippen LogP contribution in [0.1, 0.15) is 69.2 Å². The number of carbonyl (C=O) groups excluding carboxylic acids is 2. The number of carbonyl (C=O) groups is 2. The molecule has 4 nitrogen and oxygen atoms in total. The number of ether oxygens (including phenoxy) is 1. The van der Waals surface area contributed by atoms with Crippen LogP contribution in [0.25, 0.3) is 0 Å². The minimum absolute atomic E-state index is 0.0196. The van der Waals surface area contributed by atoms with Gasteiger partial charge in [0.2, 0.25) is 0 Å². The van der Waals surface area contributed by atoms with Crippen molar-refractivity contribution in [3.05, 3.63) is 42.0 Å². The molecule has 0 spiro atoms. The largest absolute Gasteiger partial charge is 0.465 e. The summed E-state index contributed by atoms with van der Waals surface area (Å²) in [6.07, 6.45) is 12.8. The minimum Gasteiger partial charge on any atom is -0.465 e. The van der Waals surface area contributed by atoms with Gasteiger partial charge in [-0.1, -0.05) is 38.5 Å². The number of amides is 1. The van der Waals surface area contributed by atoms with Crippen LogP contribution in [-0.2, 0) is 9.53 Å². The molecule has 4 aliphatic rings. The summed E-state index contributed by atoms with van der Waals surface area (Å²) in [6.45, 7) is 4.89. The Kier molecular flexibility index (Phi) is 4.61. The monoisotopic (exact) mass is 407 g/mol. The van der Waals surface area contributed by atoms with Gasteiger partial charge in [0.1, 0.15) is 0 Å². The van der Waals surface area contributed by atoms with Crippen LogP contribution in [-0.4, -0.2) is 25.0 Å². The summed E-state index contributed by atoms with van der Waals surface area (Å²) in [5.41, 5.74) is 1.63. The van der Waals surface area contributed by atoms with Gasteiger partial charge < -0.3 is 9.64 Å². The zero-order valence-corrected chi connectivity index (χ0v) is 18.4. The van der Waals surface area contributed by atoms with E-state index >= 15 is 0 Å². The fourth-order valence-electron chi connectivity index (χ4n) is 7.74. The van der Waals surface area contributed by atoms with E-state index in [1.54, 1.807) is 12.1 Å². The highest BCUT2D eigenvalue weighted by Gasteiger charge is 2.58. The molecule has 0 saturated heterocycles. The van der Waals surface area contributed by atoms with E-state index in [-0.39, 0.29) is 23.3 Å². The quantitative estimate of drug-likeness (QED) is 0.619. The Morgan fingerprint density at radius 3 is 2.67 bits per heavy atom. The van der Waals surface area contributed by atoms with Crippen molar-refractivity contribution in [2.24, 2.45) is 28.6 Å². The predicted molar refractivity (Wildman–Crippen MR) is 117 cm³/mol. The maximum Gasteiger partial charge on any atom is 0.339 e.